The van der Waals surface area contributed by atoms with Gasteiger partial charge in [-0.3, -0.25) is 13.9 Å². The zero-order chi connectivity index (χ0) is 30.1. The highest BCUT2D eigenvalue weighted by Gasteiger charge is 2.33. The van der Waals surface area contributed by atoms with Crippen LogP contribution in [0.1, 0.15) is 51.5 Å². The van der Waals surface area contributed by atoms with Gasteiger partial charge in [0.2, 0.25) is 11.8 Å². The monoisotopic (exact) mass is 595 g/mol. The average Bonchev–Trinajstić information content (AvgIpc) is 3.00. The van der Waals surface area contributed by atoms with E-state index in [1.54, 1.807) is 61.5 Å². The highest BCUT2D eigenvalue weighted by atomic mass is 32.2. The first kappa shape index (κ1) is 31.0. The Bertz CT molecular complexity index is 1430. The van der Waals surface area contributed by atoms with Gasteiger partial charge in [0.1, 0.15) is 24.2 Å². The van der Waals surface area contributed by atoms with E-state index in [-0.39, 0.29) is 29.1 Å². The van der Waals surface area contributed by atoms with Crippen molar-refractivity contribution in [1.82, 2.24) is 10.2 Å². The summed E-state index contributed by atoms with van der Waals surface area (Å²) < 4.78 is 47.9. The second-order valence-corrected chi connectivity index (χ2v) is 12.3. The van der Waals surface area contributed by atoms with Gasteiger partial charge in [0.15, 0.2) is 0 Å². The summed E-state index contributed by atoms with van der Waals surface area (Å²) in [6, 6.07) is 19.2. The zero-order valence-corrected chi connectivity index (χ0v) is 24.9. The van der Waals surface area contributed by atoms with Crippen LogP contribution in [-0.2, 0) is 26.2 Å². The molecule has 10 heteroatoms. The molecule has 2 amide bonds. The van der Waals surface area contributed by atoms with Gasteiger partial charge in [-0.15, -0.1) is 0 Å². The van der Waals surface area contributed by atoms with E-state index < -0.39 is 34.3 Å². The normalized spacial score (nSPS) is 14.5. The molecule has 224 valence electrons. The van der Waals surface area contributed by atoms with E-state index in [0.717, 1.165) is 36.4 Å². The van der Waals surface area contributed by atoms with Crippen LogP contribution in [-0.4, -0.2) is 50.4 Å². The Morgan fingerprint density at radius 3 is 2.21 bits per heavy atom. The standard InChI is InChI=1S/C32H38FN3O5S/c1-3-41-29-20-18-28(19-21-29)36(42(39,40)30-12-8-5-9-13-30)23-31(37)35(22-25-14-16-26(33)17-15-25)24(2)32(38)34-27-10-6-4-7-11-27/h5,8-9,12-21,24,27H,3-4,6-7,10-11,22-23H2,1-2H3,(H,34,38)/t24-/m0/s1. The maximum Gasteiger partial charge on any atom is 0.264 e. The van der Waals surface area contributed by atoms with Gasteiger partial charge >= 0.3 is 0 Å². The van der Waals surface area contributed by atoms with Crippen molar-refractivity contribution < 1.29 is 27.1 Å². The molecule has 0 spiro atoms. The lowest BCUT2D eigenvalue weighted by Crippen LogP contribution is -2.53. The lowest BCUT2D eigenvalue weighted by Gasteiger charge is -2.33. The number of anilines is 1. The molecule has 0 aromatic heterocycles. The highest BCUT2D eigenvalue weighted by molar-refractivity contribution is 7.92. The molecule has 42 heavy (non-hydrogen) atoms. The van der Waals surface area contributed by atoms with Crippen molar-refractivity contribution in [3.05, 3.63) is 90.2 Å². The summed E-state index contributed by atoms with van der Waals surface area (Å²) >= 11 is 0. The van der Waals surface area contributed by atoms with Gasteiger partial charge in [-0.25, -0.2) is 12.8 Å². The van der Waals surface area contributed by atoms with Gasteiger partial charge in [-0.2, -0.15) is 0 Å². The van der Waals surface area contributed by atoms with E-state index in [1.165, 1.54) is 29.2 Å². The van der Waals surface area contributed by atoms with Crippen molar-refractivity contribution in [1.29, 1.82) is 0 Å². The Hall–Kier alpha value is -3.92. The number of ether oxygens (including phenoxy) is 1. The molecule has 0 unspecified atom stereocenters. The SMILES string of the molecule is CCOc1ccc(N(CC(=O)N(Cc2ccc(F)cc2)[C@@H](C)C(=O)NC2CCCCC2)S(=O)(=O)c2ccccc2)cc1. The van der Waals surface area contributed by atoms with Crippen LogP contribution in [0, 0.1) is 5.82 Å². The van der Waals surface area contributed by atoms with Gasteiger partial charge in [-0.1, -0.05) is 49.6 Å². The maximum atomic E-state index is 14.0. The molecule has 0 saturated heterocycles. The fraction of sp³-hybridized carbons (Fsp3) is 0.375. The van der Waals surface area contributed by atoms with Crippen LogP contribution in [0.25, 0.3) is 0 Å². The van der Waals surface area contributed by atoms with Crippen molar-refractivity contribution in [3.63, 3.8) is 0 Å². The molecule has 0 aliphatic heterocycles. The Morgan fingerprint density at radius 1 is 0.952 bits per heavy atom. The summed E-state index contributed by atoms with van der Waals surface area (Å²) in [4.78, 5) is 28.8. The Morgan fingerprint density at radius 2 is 1.60 bits per heavy atom. The van der Waals surface area contributed by atoms with Crippen molar-refractivity contribution in [2.24, 2.45) is 0 Å². The molecule has 1 saturated carbocycles. The van der Waals surface area contributed by atoms with Crippen molar-refractivity contribution >= 4 is 27.5 Å². The molecule has 1 atom stereocenters. The number of carbonyl (C=O) groups is 2. The Kier molecular flexibility index (Phi) is 10.6. The first-order valence-corrected chi connectivity index (χ1v) is 15.8. The fourth-order valence-electron chi connectivity index (χ4n) is 5.06. The number of sulfonamides is 1. The molecule has 0 radical (unpaired) electrons. The number of halogens is 1. The van der Waals surface area contributed by atoms with Gasteiger partial charge in [0.25, 0.3) is 10.0 Å². The summed E-state index contributed by atoms with van der Waals surface area (Å²) in [6.07, 6.45) is 4.96. The lowest BCUT2D eigenvalue weighted by molar-refractivity contribution is -0.139. The molecule has 3 aromatic rings. The predicted molar refractivity (Wildman–Crippen MR) is 160 cm³/mol. The molecule has 1 fully saturated rings. The van der Waals surface area contributed by atoms with E-state index in [4.69, 9.17) is 4.74 Å². The van der Waals surface area contributed by atoms with Crippen LogP contribution in [0.3, 0.4) is 0 Å². The van der Waals surface area contributed by atoms with Crippen molar-refractivity contribution in [3.8, 4) is 5.75 Å². The van der Waals surface area contributed by atoms with E-state index in [1.807, 2.05) is 6.92 Å². The van der Waals surface area contributed by atoms with E-state index in [9.17, 15) is 22.4 Å². The summed E-state index contributed by atoms with van der Waals surface area (Å²) in [5.74, 6) is -0.735. The van der Waals surface area contributed by atoms with Crippen LogP contribution < -0.4 is 14.4 Å². The largest absolute Gasteiger partial charge is 0.494 e. The summed E-state index contributed by atoms with van der Waals surface area (Å²) in [7, 11) is -4.16. The maximum absolute atomic E-state index is 14.0. The van der Waals surface area contributed by atoms with E-state index in [2.05, 4.69) is 5.32 Å². The van der Waals surface area contributed by atoms with Crippen LogP contribution >= 0.6 is 0 Å². The molecule has 0 heterocycles. The van der Waals surface area contributed by atoms with Gasteiger partial charge in [-0.05, 0) is 80.8 Å². The minimum atomic E-state index is -4.16. The fourth-order valence-corrected chi connectivity index (χ4v) is 6.50. The van der Waals surface area contributed by atoms with Crippen LogP contribution in [0.15, 0.2) is 83.8 Å². The molecule has 1 aliphatic rings. The molecule has 4 rings (SSSR count). The third-order valence-electron chi connectivity index (χ3n) is 7.43. The first-order valence-electron chi connectivity index (χ1n) is 14.3. The number of rotatable bonds is 12. The van der Waals surface area contributed by atoms with E-state index in [0.29, 0.717) is 17.9 Å². The number of hydrogen-bond donors (Lipinski definition) is 1. The molecule has 8 nitrogen and oxygen atoms in total. The van der Waals surface area contributed by atoms with Crippen LogP contribution in [0.4, 0.5) is 10.1 Å². The molecular formula is C32H38FN3O5S. The third-order valence-corrected chi connectivity index (χ3v) is 9.22. The predicted octanol–water partition coefficient (Wildman–Crippen LogP) is 5.29. The summed E-state index contributed by atoms with van der Waals surface area (Å²) in [5, 5.41) is 3.07. The summed E-state index contributed by atoms with van der Waals surface area (Å²) in [5.41, 5.74) is 0.886. The van der Waals surface area contributed by atoms with Gasteiger partial charge in [0.05, 0.1) is 17.2 Å². The van der Waals surface area contributed by atoms with Gasteiger partial charge in [0, 0.05) is 12.6 Å². The number of benzene rings is 3. The first-order chi connectivity index (χ1) is 20.2. The third kappa shape index (κ3) is 7.88. The molecule has 3 aromatic carbocycles. The van der Waals surface area contributed by atoms with Crippen LogP contribution in [0.5, 0.6) is 5.75 Å². The lowest BCUT2D eigenvalue weighted by atomic mass is 9.95. The van der Waals surface area contributed by atoms with Crippen LogP contribution in [0.2, 0.25) is 0 Å². The zero-order valence-electron chi connectivity index (χ0n) is 24.0. The number of hydrogen-bond acceptors (Lipinski definition) is 5. The number of carbonyl (C=O) groups excluding carboxylic acids is 2. The number of amides is 2. The highest BCUT2D eigenvalue weighted by Crippen LogP contribution is 2.27. The smallest absolute Gasteiger partial charge is 0.264 e. The summed E-state index contributed by atoms with van der Waals surface area (Å²) in [6.45, 7) is 3.38. The minimum Gasteiger partial charge on any atom is -0.494 e. The number of nitrogens with zero attached hydrogens (tertiary/aromatic N) is 2. The second-order valence-electron chi connectivity index (χ2n) is 10.4. The van der Waals surface area contributed by atoms with Crippen molar-refractivity contribution in [2.75, 3.05) is 17.5 Å². The Labute approximate surface area is 247 Å². The second kappa shape index (κ2) is 14.3. The quantitative estimate of drug-likeness (QED) is 0.307. The average molecular weight is 596 g/mol. The minimum absolute atomic E-state index is 0.000862. The molecule has 1 aliphatic carbocycles. The molecule has 0 bridgehead atoms. The van der Waals surface area contributed by atoms with E-state index >= 15 is 0 Å². The Balaban J connectivity index is 1.66. The molecule has 1 N–H and O–H groups in total. The van der Waals surface area contributed by atoms with Crippen molar-refractivity contribution in [2.45, 2.75) is 69.5 Å². The van der Waals surface area contributed by atoms with Gasteiger partial charge < -0.3 is 15.0 Å². The molecular weight excluding hydrogens is 557 g/mol. The number of nitrogens with one attached hydrogen (secondary N) is 1. The topological polar surface area (TPSA) is 96.0 Å².